The lowest BCUT2D eigenvalue weighted by Gasteiger charge is -2.23. The fraction of sp³-hybridized carbons (Fsp3) is 0.873. The maximum absolute atomic E-state index is 13.2. The lowest BCUT2D eigenvalue weighted by Crippen LogP contribution is -2.38. The summed E-state index contributed by atoms with van der Waals surface area (Å²) < 4.78 is 38.4. The van der Waals surface area contributed by atoms with Gasteiger partial charge in [-0.1, -0.05) is 156 Å². The van der Waals surface area contributed by atoms with Crippen LogP contribution in [-0.4, -0.2) is 132 Å². The SMILES string of the molecule is CCCCCCCCOC(=O)CC(COC(=O)CCCCCCCC)CC(=O)OCCN(CCOC(=O)CC(CC(=O)OCCCCCCCC)CC(=O)OCCCCCCCC)C(=O)OCCN(C)C. The van der Waals surface area contributed by atoms with Crippen LogP contribution in [0.3, 0.4) is 0 Å². The number of rotatable bonds is 49. The Morgan fingerprint density at radius 1 is 0.324 bits per heavy atom. The number of hydrogen-bond donors (Lipinski definition) is 0. The Kier molecular flexibility index (Phi) is 45.6. The Bertz CT molecular complexity index is 1350. The number of carbonyl (C=O) groups is 7. The van der Waals surface area contributed by atoms with Crippen molar-refractivity contribution in [3.8, 4) is 0 Å². The van der Waals surface area contributed by atoms with Crippen LogP contribution in [0.15, 0.2) is 0 Å². The van der Waals surface area contributed by atoms with Gasteiger partial charge in [0.05, 0.1) is 52.4 Å². The molecule has 1 amide bonds. The van der Waals surface area contributed by atoms with Crippen LogP contribution >= 0.6 is 0 Å². The van der Waals surface area contributed by atoms with Crippen LogP contribution in [0.2, 0.25) is 0 Å². The first-order valence-electron chi connectivity index (χ1n) is 27.8. The number of likely N-dealkylation sites (N-methyl/N-ethyl adjacent to an activating group) is 1. The number of esters is 6. The van der Waals surface area contributed by atoms with Gasteiger partial charge < -0.3 is 43.0 Å². The minimum Gasteiger partial charge on any atom is -0.466 e. The molecule has 16 nitrogen and oxygen atoms in total. The highest BCUT2D eigenvalue weighted by Crippen LogP contribution is 2.19. The molecule has 0 aromatic heterocycles. The van der Waals surface area contributed by atoms with Gasteiger partial charge in [0, 0.05) is 38.1 Å². The quantitative estimate of drug-likeness (QED) is 0.0317. The van der Waals surface area contributed by atoms with Crippen LogP contribution in [0, 0.1) is 11.8 Å². The van der Waals surface area contributed by atoms with Crippen molar-refractivity contribution in [2.75, 3.05) is 80.0 Å². The highest BCUT2D eigenvalue weighted by Gasteiger charge is 2.25. The van der Waals surface area contributed by atoms with Gasteiger partial charge in [0.25, 0.3) is 0 Å². The van der Waals surface area contributed by atoms with Crippen molar-refractivity contribution in [1.82, 2.24) is 9.80 Å². The van der Waals surface area contributed by atoms with E-state index in [-0.39, 0.29) is 104 Å². The summed E-state index contributed by atoms with van der Waals surface area (Å²) in [6.07, 6.45) is 23.4. The molecule has 0 spiro atoms. The van der Waals surface area contributed by atoms with Gasteiger partial charge in [-0.3, -0.25) is 28.8 Å². The van der Waals surface area contributed by atoms with Crippen molar-refractivity contribution in [2.24, 2.45) is 11.8 Å². The van der Waals surface area contributed by atoms with E-state index in [1.165, 1.54) is 24.2 Å². The molecule has 1 atom stereocenters. The molecule has 1 unspecified atom stereocenters. The molecular weight excluding hydrogens is 913 g/mol. The third-order valence-corrected chi connectivity index (χ3v) is 12.0. The second-order valence-corrected chi connectivity index (χ2v) is 19.3. The second-order valence-electron chi connectivity index (χ2n) is 19.3. The number of unbranched alkanes of at least 4 members (excludes halogenated alkanes) is 20. The van der Waals surface area contributed by atoms with Gasteiger partial charge >= 0.3 is 41.9 Å². The van der Waals surface area contributed by atoms with Crippen molar-refractivity contribution in [3.63, 3.8) is 0 Å². The van der Waals surface area contributed by atoms with Crippen LogP contribution in [0.4, 0.5) is 4.79 Å². The smallest absolute Gasteiger partial charge is 0.410 e. The van der Waals surface area contributed by atoms with Crippen molar-refractivity contribution < 1.29 is 66.7 Å². The predicted octanol–water partition coefficient (Wildman–Crippen LogP) is 11.3. The Labute approximate surface area is 429 Å². The van der Waals surface area contributed by atoms with Crippen LogP contribution in [0.1, 0.15) is 220 Å². The molecule has 0 aromatic carbocycles. The first kappa shape index (κ1) is 67.0. The van der Waals surface area contributed by atoms with Gasteiger partial charge in [-0.2, -0.15) is 0 Å². The molecule has 0 N–H and O–H groups in total. The standard InChI is InChI=1S/C55H100N2O14/c1-7-11-15-19-23-27-31-49(58)71-46-48(44-53(62)67-37-30-26-22-18-14-10-4)45-54(63)69-40-34-57(55(64)70-38-32-56(5)6)33-39-68-52(61)43-47(41-50(59)65-35-28-24-20-16-12-8-2)42-51(60)66-36-29-25-21-17-13-9-3/h47-48H,7-46H2,1-6H3. The molecule has 16 heteroatoms. The average molecular weight is 1010 g/mol. The first-order valence-corrected chi connectivity index (χ1v) is 27.8. The predicted molar refractivity (Wildman–Crippen MR) is 275 cm³/mol. The molecule has 0 radical (unpaired) electrons. The van der Waals surface area contributed by atoms with E-state index in [0.29, 0.717) is 13.0 Å². The molecule has 0 aliphatic rings. The number of carbonyl (C=O) groups excluding carboxylic acids is 7. The fourth-order valence-electron chi connectivity index (χ4n) is 7.66. The van der Waals surface area contributed by atoms with Gasteiger partial charge in [0.1, 0.15) is 19.8 Å². The zero-order valence-corrected chi connectivity index (χ0v) is 45.5. The van der Waals surface area contributed by atoms with E-state index in [2.05, 4.69) is 27.7 Å². The third-order valence-electron chi connectivity index (χ3n) is 12.0. The molecule has 0 rings (SSSR count). The topological polar surface area (TPSA) is 191 Å². The van der Waals surface area contributed by atoms with Crippen molar-refractivity contribution >= 4 is 41.9 Å². The maximum Gasteiger partial charge on any atom is 0.410 e. The van der Waals surface area contributed by atoms with E-state index in [1.54, 1.807) is 0 Å². The molecule has 0 saturated carbocycles. The van der Waals surface area contributed by atoms with Gasteiger partial charge in [-0.15, -0.1) is 0 Å². The average Bonchev–Trinajstić information content (AvgIpc) is 3.32. The van der Waals surface area contributed by atoms with E-state index < -0.39 is 47.8 Å². The van der Waals surface area contributed by atoms with Crippen LogP contribution in [0.25, 0.3) is 0 Å². The monoisotopic (exact) mass is 1010 g/mol. The number of amides is 1. The van der Waals surface area contributed by atoms with Crippen molar-refractivity contribution in [1.29, 1.82) is 0 Å². The molecule has 414 valence electrons. The number of ether oxygens (including phenoxy) is 7. The van der Waals surface area contributed by atoms with Crippen molar-refractivity contribution in [3.05, 3.63) is 0 Å². The lowest BCUT2D eigenvalue weighted by atomic mass is 9.97. The Balaban J connectivity index is 5.54. The maximum atomic E-state index is 13.2. The Morgan fingerprint density at radius 3 is 1.00 bits per heavy atom. The Hall–Kier alpha value is -3.95. The van der Waals surface area contributed by atoms with E-state index in [0.717, 1.165) is 128 Å². The van der Waals surface area contributed by atoms with Gasteiger partial charge in [-0.05, 0) is 45.7 Å². The van der Waals surface area contributed by atoms with Crippen molar-refractivity contribution in [2.45, 2.75) is 220 Å². The summed E-state index contributed by atoms with van der Waals surface area (Å²) in [6.45, 7) is 9.15. The molecule has 71 heavy (non-hydrogen) atoms. The number of nitrogens with zero attached hydrogens (tertiary/aromatic N) is 2. The largest absolute Gasteiger partial charge is 0.466 e. The molecule has 0 saturated heterocycles. The van der Waals surface area contributed by atoms with Gasteiger partial charge in [0.15, 0.2) is 0 Å². The summed E-state index contributed by atoms with van der Waals surface area (Å²) in [6, 6.07) is 0. The zero-order chi connectivity index (χ0) is 52.6. The van der Waals surface area contributed by atoms with E-state index >= 15 is 0 Å². The minimum absolute atomic E-state index is 0.0850. The lowest BCUT2D eigenvalue weighted by molar-refractivity contribution is -0.153. The molecule has 0 aromatic rings. The van der Waals surface area contributed by atoms with Crippen LogP contribution in [-0.2, 0) is 61.9 Å². The van der Waals surface area contributed by atoms with E-state index in [4.69, 9.17) is 33.2 Å². The summed E-state index contributed by atoms with van der Waals surface area (Å²) in [7, 11) is 3.67. The molecule has 0 aliphatic carbocycles. The molecule has 0 bridgehead atoms. The van der Waals surface area contributed by atoms with Gasteiger partial charge in [0.2, 0.25) is 0 Å². The molecule has 0 heterocycles. The minimum atomic E-state index is -0.710. The first-order chi connectivity index (χ1) is 34.3. The molecule has 0 fully saturated rings. The summed E-state index contributed by atoms with van der Waals surface area (Å²) in [4.78, 5) is 93.8. The third kappa shape index (κ3) is 44.5. The highest BCUT2D eigenvalue weighted by atomic mass is 16.6. The Morgan fingerprint density at radius 2 is 0.634 bits per heavy atom. The molecule has 0 aliphatic heterocycles. The highest BCUT2D eigenvalue weighted by molar-refractivity contribution is 5.77. The summed E-state index contributed by atoms with van der Waals surface area (Å²) in [5.74, 6) is -4.57. The summed E-state index contributed by atoms with van der Waals surface area (Å²) in [5, 5.41) is 0. The number of hydrogen-bond acceptors (Lipinski definition) is 15. The van der Waals surface area contributed by atoms with E-state index in [9.17, 15) is 33.6 Å². The van der Waals surface area contributed by atoms with Crippen LogP contribution < -0.4 is 0 Å². The summed E-state index contributed by atoms with van der Waals surface area (Å²) >= 11 is 0. The van der Waals surface area contributed by atoms with E-state index in [1.807, 2.05) is 19.0 Å². The summed E-state index contributed by atoms with van der Waals surface area (Å²) in [5.41, 5.74) is 0. The zero-order valence-electron chi connectivity index (χ0n) is 45.5. The van der Waals surface area contributed by atoms with Crippen LogP contribution in [0.5, 0.6) is 0 Å². The molecular formula is C55H100N2O14. The second kappa shape index (κ2) is 48.3. The fourth-order valence-corrected chi connectivity index (χ4v) is 7.66. The van der Waals surface area contributed by atoms with Gasteiger partial charge in [-0.25, -0.2) is 4.79 Å². The normalized spacial score (nSPS) is 11.5.